The van der Waals surface area contributed by atoms with Gasteiger partial charge in [-0.15, -0.1) is 0 Å². The van der Waals surface area contributed by atoms with E-state index in [-0.39, 0.29) is 0 Å². The van der Waals surface area contributed by atoms with E-state index < -0.39 is 0 Å². The van der Waals surface area contributed by atoms with Crippen molar-refractivity contribution in [3.63, 3.8) is 0 Å². The average Bonchev–Trinajstić information content (AvgIpc) is 2.55. The third-order valence-corrected chi connectivity index (χ3v) is 4.28. The molecule has 0 unspecified atom stereocenters. The van der Waals surface area contributed by atoms with E-state index in [9.17, 15) is 0 Å². The molecule has 0 fully saturated rings. The first-order chi connectivity index (χ1) is 11.2. The topological polar surface area (TPSA) is 3.24 Å². The minimum absolute atomic E-state index is 0.622. The summed E-state index contributed by atoms with van der Waals surface area (Å²) in [6, 6.07) is 23.8. The molecule has 0 atom stereocenters. The first-order valence-corrected chi connectivity index (χ1v) is 8.09. The number of hydrogen-bond acceptors (Lipinski definition) is 1. The minimum Gasteiger partial charge on any atom is -0.334 e. The van der Waals surface area contributed by atoms with Gasteiger partial charge in [0, 0.05) is 12.2 Å². The highest BCUT2D eigenvalue weighted by Gasteiger charge is 2.18. The molecule has 3 aromatic rings. The largest absolute Gasteiger partial charge is 0.334 e. The van der Waals surface area contributed by atoms with Crippen LogP contribution in [0.1, 0.15) is 11.1 Å². The summed E-state index contributed by atoms with van der Waals surface area (Å²) in [4.78, 5) is 2.11. The van der Waals surface area contributed by atoms with Gasteiger partial charge in [-0.1, -0.05) is 77.8 Å². The second-order valence-corrected chi connectivity index (χ2v) is 6.09. The lowest BCUT2D eigenvalue weighted by molar-refractivity contribution is 0.972. The molecule has 0 aliphatic rings. The van der Waals surface area contributed by atoms with Gasteiger partial charge in [-0.2, -0.15) is 0 Å². The molecule has 1 nitrogen and oxygen atoms in total. The van der Waals surface area contributed by atoms with Crippen LogP contribution in [0, 0.1) is 6.92 Å². The van der Waals surface area contributed by atoms with Gasteiger partial charge in [0.15, 0.2) is 0 Å². The number of para-hydroxylation sites is 2. The van der Waals surface area contributed by atoms with E-state index in [0.29, 0.717) is 16.6 Å². The summed E-state index contributed by atoms with van der Waals surface area (Å²) in [5.74, 6) is 0. The predicted molar refractivity (Wildman–Crippen MR) is 99.6 cm³/mol. The van der Waals surface area contributed by atoms with Crippen molar-refractivity contribution < 1.29 is 0 Å². The van der Waals surface area contributed by atoms with Crippen LogP contribution >= 0.6 is 23.2 Å². The van der Waals surface area contributed by atoms with Gasteiger partial charge in [-0.25, -0.2) is 0 Å². The molecular formula is C20H16Cl2N. The second-order valence-electron chi connectivity index (χ2n) is 5.27. The number of halogens is 2. The maximum atomic E-state index is 6.45. The van der Waals surface area contributed by atoms with Gasteiger partial charge < -0.3 is 4.90 Å². The Balaban J connectivity index is 2.12. The van der Waals surface area contributed by atoms with Gasteiger partial charge in [-0.05, 0) is 36.2 Å². The lowest BCUT2D eigenvalue weighted by Crippen LogP contribution is -2.18. The molecule has 0 heterocycles. The zero-order valence-corrected chi connectivity index (χ0v) is 14.1. The Hall–Kier alpha value is -1.96. The Morgan fingerprint density at radius 1 is 0.739 bits per heavy atom. The minimum atomic E-state index is 0.622. The van der Waals surface area contributed by atoms with Gasteiger partial charge in [0.1, 0.15) is 0 Å². The number of benzene rings is 3. The standard InChI is InChI=1S/C20H16Cl2N/c1-15-8-5-6-13-19(15)23(14-16-9-3-2-4-10-16)20-17(21)11-7-12-18(20)22/h2-13H,1,14H2. The summed E-state index contributed by atoms with van der Waals surface area (Å²) < 4.78 is 0. The van der Waals surface area contributed by atoms with Crippen molar-refractivity contribution in [3.8, 4) is 0 Å². The van der Waals surface area contributed by atoms with Crippen LogP contribution < -0.4 is 4.90 Å². The summed E-state index contributed by atoms with van der Waals surface area (Å²) in [5, 5.41) is 1.24. The molecule has 0 spiro atoms. The van der Waals surface area contributed by atoms with Crippen molar-refractivity contribution in [1.82, 2.24) is 0 Å². The Kier molecular flexibility index (Phi) is 4.90. The summed E-state index contributed by atoms with van der Waals surface area (Å²) >= 11 is 12.9. The van der Waals surface area contributed by atoms with Gasteiger partial charge in [-0.3, -0.25) is 0 Å². The zero-order valence-electron chi connectivity index (χ0n) is 12.5. The lowest BCUT2D eigenvalue weighted by Gasteiger charge is -2.28. The Morgan fingerprint density at radius 2 is 1.35 bits per heavy atom. The highest BCUT2D eigenvalue weighted by Crippen LogP contribution is 2.39. The van der Waals surface area contributed by atoms with E-state index in [1.165, 1.54) is 5.56 Å². The molecule has 3 aromatic carbocycles. The summed E-state index contributed by atoms with van der Waals surface area (Å²) in [7, 11) is 0. The first kappa shape index (κ1) is 15.9. The van der Waals surface area contributed by atoms with Crippen molar-refractivity contribution in [2.75, 3.05) is 4.90 Å². The molecule has 0 bridgehead atoms. The van der Waals surface area contributed by atoms with Crippen LogP contribution in [0.2, 0.25) is 10.0 Å². The lowest BCUT2D eigenvalue weighted by atomic mass is 10.1. The molecule has 0 saturated carbocycles. The molecule has 0 aliphatic heterocycles. The smallest absolute Gasteiger partial charge is 0.0792 e. The van der Waals surface area contributed by atoms with E-state index in [1.807, 2.05) is 60.7 Å². The molecule has 23 heavy (non-hydrogen) atoms. The van der Waals surface area contributed by atoms with Crippen molar-refractivity contribution >= 4 is 34.6 Å². The highest BCUT2D eigenvalue weighted by atomic mass is 35.5. The van der Waals surface area contributed by atoms with Gasteiger partial charge in [0.05, 0.1) is 15.7 Å². The van der Waals surface area contributed by atoms with E-state index >= 15 is 0 Å². The third-order valence-electron chi connectivity index (χ3n) is 3.67. The number of anilines is 2. The maximum Gasteiger partial charge on any atom is 0.0792 e. The highest BCUT2D eigenvalue weighted by molar-refractivity contribution is 6.39. The Morgan fingerprint density at radius 3 is 2.00 bits per heavy atom. The van der Waals surface area contributed by atoms with Crippen LogP contribution in [0.25, 0.3) is 0 Å². The van der Waals surface area contributed by atoms with Crippen LogP contribution in [-0.2, 0) is 6.54 Å². The number of rotatable bonds is 4. The zero-order chi connectivity index (χ0) is 16.2. The average molecular weight is 341 g/mol. The van der Waals surface area contributed by atoms with Crippen LogP contribution in [0.15, 0.2) is 72.8 Å². The van der Waals surface area contributed by atoms with Gasteiger partial charge >= 0.3 is 0 Å². The molecule has 0 N–H and O–H groups in total. The quantitative estimate of drug-likeness (QED) is 0.522. The predicted octanol–water partition coefficient (Wildman–Crippen LogP) is 6.51. The van der Waals surface area contributed by atoms with Crippen molar-refractivity contribution in [2.45, 2.75) is 6.54 Å². The first-order valence-electron chi connectivity index (χ1n) is 7.33. The van der Waals surface area contributed by atoms with E-state index in [2.05, 4.69) is 24.0 Å². The van der Waals surface area contributed by atoms with Crippen LogP contribution in [0.3, 0.4) is 0 Å². The Labute approximate surface area is 147 Å². The van der Waals surface area contributed by atoms with Gasteiger partial charge in [0.25, 0.3) is 0 Å². The molecule has 3 heteroatoms. The fraction of sp³-hybridized carbons (Fsp3) is 0.0500. The third kappa shape index (κ3) is 3.52. The van der Waals surface area contributed by atoms with Crippen molar-refractivity contribution in [3.05, 3.63) is 101 Å². The molecule has 115 valence electrons. The second kappa shape index (κ2) is 7.08. The fourth-order valence-corrected chi connectivity index (χ4v) is 3.17. The van der Waals surface area contributed by atoms with E-state index in [0.717, 1.165) is 16.9 Å². The fourth-order valence-electron chi connectivity index (χ4n) is 2.57. The van der Waals surface area contributed by atoms with Crippen LogP contribution in [-0.4, -0.2) is 0 Å². The van der Waals surface area contributed by atoms with Crippen molar-refractivity contribution in [2.24, 2.45) is 0 Å². The molecule has 0 aliphatic carbocycles. The molecule has 0 saturated heterocycles. The molecule has 0 amide bonds. The monoisotopic (exact) mass is 340 g/mol. The van der Waals surface area contributed by atoms with Gasteiger partial charge in [0.2, 0.25) is 0 Å². The van der Waals surface area contributed by atoms with Crippen LogP contribution in [0.5, 0.6) is 0 Å². The SMILES string of the molecule is [CH2]c1ccccc1N(Cc1ccccc1)c1c(Cl)cccc1Cl. The molecule has 3 rings (SSSR count). The molecule has 1 radical (unpaired) electrons. The van der Waals surface area contributed by atoms with Crippen LogP contribution in [0.4, 0.5) is 11.4 Å². The Bertz CT molecular complexity index is 779. The molecule has 0 aromatic heterocycles. The summed E-state index contributed by atoms with van der Waals surface area (Å²) in [5.41, 5.74) is 3.90. The van der Waals surface area contributed by atoms with E-state index in [4.69, 9.17) is 23.2 Å². The maximum absolute atomic E-state index is 6.45. The number of nitrogens with zero attached hydrogens (tertiary/aromatic N) is 1. The normalized spacial score (nSPS) is 10.6. The summed E-state index contributed by atoms with van der Waals surface area (Å²) in [6.45, 7) is 4.80. The van der Waals surface area contributed by atoms with E-state index in [1.54, 1.807) is 0 Å². The number of hydrogen-bond donors (Lipinski definition) is 0. The van der Waals surface area contributed by atoms with Crippen molar-refractivity contribution in [1.29, 1.82) is 0 Å². The molecular weight excluding hydrogens is 325 g/mol. The summed E-state index contributed by atoms with van der Waals surface area (Å²) in [6.07, 6.45) is 0.